The molecule has 2 aliphatic rings. The van der Waals surface area contributed by atoms with Gasteiger partial charge in [0.05, 0.1) is 5.52 Å². The maximum atomic E-state index is 13.4. The Labute approximate surface area is 124 Å². The van der Waals surface area contributed by atoms with Crippen molar-refractivity contribution in [1.82, 2.24) is 4.98 Å². The van der Waals surface area contributed by atoms with Crippen molar-refractivity contribution in [3.63, 3.8) is 0 Å². The molecule has 1 aliphatic heterocycles. The molecule has 21 heavy (non-hydrogen) atoms. The molecule has 0 spiro atoms. The summed E-state index contributed by atoms with van der Waals surface area (Å²) in [5, 5.41) is 1.02. The van der Waals surface area contributed by atoms with Crippen molar-refractivity contribution in [2.75, 3.05) is 18.0 Å². The van der Waals surface area contributed by atoms with E-state index in [0.29, 0.717) is 5.92 Å². The number of hydrogen-bond donors (Lipinski definition) is 1. The number of hydrogen-bond acceptors (Lipinski definition) is 3. The predicted molar refractivity (Wildman–Crippen MR) is 82.8 cm³/mol. The Bertz CT molecular complexity index is 696. The van der Waals surface area contributed by atoms with Crippen LogP contribution in [-0.2, 0) is 0 Å². The lowest BCUT2D eigenvalue weighted by atomic mass is 9.99. The van der Waals surface area contributed by atoms with Gasteiger partial charge in [-0.3, -0.25) is 0 Å². The maximum Gasteiger partial charge on any atom is 0.129 e. The van der Waals surface area contributed by atoms with Gasteiger partial charge in [-0.15, -0.1) is 0 Å². The first-order valence-electron chi connectivity index (χ1n) is 7.69. The van der Waals surface area contributed by atoms with Gasteiger partial charge < -0.3 is 10.6 Å². The topological polar surface area (TPSA) is 42.1 Å². The van der Waals surface area contributed by atoms with Crippen LogP contribution in [0.5, 0.6) is 0 Å². The quantitative estimate of drug-likeness (QED) is 0.922. The highest BCUT2D eigenvalue weighted by Gasteiger charge is 2.41. The molecule has 2 atom stereocenters. The Hall–Kier alpha value is -1.68. The molecular weight excluding hydrogens is 265 g/mol. The van der Waals surface area contributed by atoms with E-state index >= 15 is 0 Å². The smallest absolute Gasteiger partial charge is 0.129 e. The Morgan fingerprint density at radius 3 is 2.81 bits per heavy atom. The van der Waals surface area contributed by atoms with E-state index in [1.165, 1.54) is 25.0 Å². The molecule has 4 rings (SSSR count). The molecule has 1 saturated heterocycles. The first-order chi connectivity index (χ1) is 10.1. The number of nitrogens with two attached hydrogens (primary N) is 1. The molecule has 2 fully saturated rings. The molecule has 0 radical (unpaired) electrons. The van der Waals surface area contributed by atoms with Crippen LogP contribution < -0.4 is 10.6 Å². The summed E-state index contributed by atoms with van der Waals surface area (Å²) in [5.74, 6) is 2.10. The minimum atomic E-state index is -0.236. The molecule has 2 heterocycles. The highest BCUT2D eigenvalue weighted by molar-refractivity contribution is 5.84. The van der Waals surface area contributed by atoms with Crippen LogP contribution in [0.1, 0.15) is 18.4 Å². The van der Waals surface area contributed by atoms with E-state index in [-0.39, 0.29) is 11.9 Å². The molecule has 0 unspecified atom stereocenters. The summed E-state index contributed by atoms with van der Waals surface area (Å²) in [6, 6.07) is 7.15. The Morgan fingerprint density at radius 2 is 2.05 bits per heavy atom. The number of anilines is 1. The van der Waals surface area contributed by atoms with E-state index in [1.807, 2.05) is 0 Å². The first kappa shape index (κ1) is 13.0. The number of rotatable bonds is 2. The van der Waals surface area contributed by atoms with Crippen molar-refractivity contribution < 1.29 is 4.39 Å². The number of pyridine rings is 1. The van der Waals surface area contributed by atoms with E-state index in [1.54, 1.807) is 6.07 Å². The fraction of sp³-hybridized carbons (Fsp3) is 0.471. The van der Waals surface area contributed by atoms with Crippen LogP contribution in [0.4, 0.5) is 10.2 Å². The van der Waals surface area contributed by atoms with Crippen LogP contribution in [0.2, 0.25) is 0 Å². The van der Waals surface area contributed by atoms with E-state index in [9.17, 15) is 4.39 Å². The molecule has 1 aromatic heterocycles. The lowest BCUT2D eigenvalue weighted by Gasteiger charge is -2.19. The first-order valence-corrected chi connectivity index (χ1v) is 7.69. The number of nitrogens with zero attached hydrogens (tertiary/aromatic N) is 2. The van der Waals surface area contributed by atoms with E-state index in [4.69, 9.17) is 5.73 Å². The van der Waals surface area contributed by atoms with Crippen molar-refractivity contribution in [1.29, 1.82) is 0 Å². The molecule has 0 bridgehead atoms. The normalized spacial score (nSPS) is 25.8. The van der Waals surface area contributed by atoms with Crippen LogP contribution in [0.15, 0.2) is 24.3 Å². The standard InChI is InChI=1S/C17H20FN3/c1-10-6-17(20-16-7-12(18)4-5-13(10)16)21-8-14(11-2-3-11)15(19)9-21/h4-7,11,14-15H,2-3,8-9,19H2,1H3/t14-,15+/m0/s1. The molecule has 1 saturated carbocycles. The summed E-state index contributed by atoms with van der Waals surface area (Å²) in [6.45, 7) is 3.90. The van der Waals surface area contributed by atoms with E-state index < -0.39 is 0 Å². The number of benzene rings is 1. The van der Waals surface area contributed by atoms with Crippen LogP contribution in [0, 0.1) is 24.6 Å². The van der Waals surface area contributed by atoms with Gasteiger partial charge in [-0.2, -0.15) is 0 Å². The second kappa shape index (κ2) is 4.67. The number of aryl methyl sites for hydroxylation is 1. The van der Waals surface area contributed by atoms with Crippen LogP contribution in [-0.4, -0.2) is 24.1 Å². The summed E-state index contributed by atoms with van der Waals surface area (Å²) in [4.78, 5) is 6.93. The lowest BCUT2D eigenvalue weighted by molar-refractivity contribution is 0.456. The molecule has 4 heteroatoms. The minimum Gasteiger partial charge on any atom is -0.355 e. The van der Waals surface area contributed by atoms with Gasteiger partial charge in [0.1, 0.15) is 11.6 Å². The largest absolute Gasteiger partial charge is 0.355 e. The van der Waals surface area contributed by atoms with Gasteiger partial charge in [-0.05, 0) is 55.4 Å². The fourth-order valence-electron chi connectivity index (χ4n) is 3.58. The number of halogens is 1. The van der Waals surface area contributed by atoms with E-state index in [0.717, 1.165) is 41.3 Å². The van der Waals surface area contributed by atoms with Gasteiger partial charge in [-0.1, -0.05) is 0 Å². The average molecular weight is 285 g/mol. The number of fused-ring (bicyclic) bond motifs is 1. The summed E-state index contributed by atoms with van der Waals surface area (Å²) in [6.07, 6.45) is 2.64. The molecule has 2 aromatic rings. The minimum absolute atomic E-state index is 0.236. The molecular formula is C17H20FN3. The predicted octanol–water partition coefficient (Wildman–Crippen LogP) is 2.86. The lowest BCUT2D eigenvalue weighted by Crippen LogP contribution is -2.30. The Kier molecular flexibility index (Phi) is 2.89. The van der Waals surface area contributed by atoms with Gasteiger partial charge in [0.15, 0.2) is 0 Å². The second-order valence-corrected chi connectivity index (χ2v) is 6.53. The van der Waals surface area contributed by atoms with Gasteiger partial charge in [0.2, 0.25) is 0 Å². The third-order valence-electron chi connectivity index (χ3n) is 4.93. The molecule has 2 N–H and O–H groups in total. The van der Waals surface area contributed by atoms with Crippen LogP contribution >= 0.6 is 0 Å². The summed E-state index contributed by atoms with van der Waals surface area (Å²) >= 11 is 0. The van der Waals surface area contributed by atoms with E-state index in [2.05, 4.69) is 22.9 Å². The van der Waals surface area contributed by atoms with Crippen molar-refractivity contribution in [3.8, 4) is 0 Å². The van der Waals surface area contributed by atoms with Gasteiger partial charge in [0.25, 0.3) is 0 Å². The summed E-state index contributed by atoms with van der Waals surface area (Å²) in [5.41, 5.74) is 8.16. The van der Waals surface area contributed by atoms with Gasteiger partial charge in [0, 0.05) is 30.6 Å². The Morgan fingerprint density at radius 1 is 1.24 bits per heavy atom. The Balaban J connectivity index is 1.70. The van der Waals surface area contributed by atoms with Crippen molar-refractivity contribution >= 4 is 16.7 Å². The maximum absolute atomic E-state index is 13.4. The van der Waals surface area contributed by atoms with Crippen molar-refractivity contribution in [3.05, 3.63) is 35.6 Å². The molecule has 0 amide bonds. The zero-order chi connectivity index (χ0) is 14.6. The fourth-order valence-corrected chi connectivity index (χ4v) is 3.58. The molecule has 1 aromatic carbocycles. The summed E-state index contributed by atoms with van der Waals surface area (Å²) < 4.78 is 13.4. The SMILES string of the molecule is Cc1cc(N2C[C@@H](N)[C@H](C3CC3)C2)nc2cc(F)ccc12. The van der Waals surface area contributed by atoms with Crippen LogP contribution in [0.25, 0.3) is 10.9 Å². The molecule has 110 valence electrons. The second-order valence-electron chi connectivity index (χ2n) is 6.53. The third kappa shape index (κ3) is 2.27. The number of aromatic nitrogens is 1. The average Bonchev–Trinajstić information content (AvgIpc) is 3.21. The summed E-state index contributed by atoms with van der Waals surface area (Å²) in [7, 11) is 0. The highest BCUT2D eigenvalue weighted by atomic mass is 19.1. The van der Waals surface area contributed by atoms with Gasteiger partial charge in [-0.25, -0.2) is 9.37 Å². The zero-order valence-electron chi connectivity index (χ0n) is 12.2. The van der Waals surface area contributed by atoms with Crippen molar-refractivity contribution in [2.45, 2.75) is 25.8 Å². The third-order valence-corrected chi connectivity index (χ3v) is 4.93. The molecule has 1 aliphatic carbocycles. The highest BCUT2D eigenvalue weighted by Crippen LogP contribution is 2.41. The molecule has 3 nitrogen and oxygen atoms in total. The zero-order valence-corrected chi connectivity index (χ0v) is 12.2. The monoisotopic (exact) mass is 285 g/mol. The van der Waals surface area contributed by atoms with Crippen molar-refractivity contribution in [2.24, 2.45) is 17.6 Å². The van der Waals surface area contributed by atoms with Crippen LogP contribution in [0.3, 0.4) is 0 Å². The van der Waals surface area contributed by atoms with Gasteiger partial charge >= 0.3 is 0 Å².